The van der Waals surface area contributed by atoms with Gasteiger partial charge in [-0.1, -0.05) is 23.5 Å². The number of hydrogen-bond donors (Lipinski definition) is 0. The lowest BCUT2D eigenvalue weighted by atomic mass is 10.2. The van der Waals surface area contributed by atoms with Crippen molar-refractivity contribution in [2.24, 2.45) is 0 Å². The molecule has 0 bridgehead atoms. The summed E-state index contributed by atoms with van der Waals surface area (Å²) >= 11 is 1.41. The van der Waals surface area contributed by atoms with Crippen molar-refractivity contribution >= 4 is 27.1 Å². The molecule has 0 N–H and O–H groups in total. The summed E-state index contributed by atoms with van der Waals surface area (Å²) in [5.74, 6) is 0. The molecule has 114 valence electrons. The van der Waals surface area contributed by atoms with Gasteiger partial charge in [-0.05, 0) is 17.7 Å². The molecule has 1 aromatic carbocycles. The molecule has 0 aliphatic carbocycles. The number of fused-ring (bicyclic) bond motifs is 1. The summed E-state index contributed by atoms with van der Waals surface area (Å²) in [6.07, 6.45) is 1.51. The number of rotatable bonds is 4. The molecule has 2 aromatic heterocycles. The first kappa shape index (κ1) is 14.5. The molecule has 6 nitrogen and oxygen atoms in total. The number of anilines is 2. The van der Waals surface area contributed by atoms with Crippen molar-refractivity contribution in [3.05, 3.63) is 52.4 Å². The highest BCUT2D eigenvalue weighted by atomic mass is 32.1. The molecule has 3 aromatic rings. The van der Waals surface area contributed by atoms with Crippen LogP contribution in [0.3, 0.4) is 0 Å². The monoisotopic (exact) mass is 315 g/mol. The van der Waals surface area contributed by atoms with Crippen molar-refractivity contribution in [3.63, 3.8) is 0 Å². The molecule has 0 saturated heterocycles. The predicted molar refractivity (Wildman–Crippen MR) is 90.0 cm³/mol. The van der Waals surface area contributed by atoms with E-state index in [1.807, 2.05) is 32.1 Å². The van der Waals surface area contributed by atoms with Crippen LogP contribution in [0.25, 0.3) is 4.96 Å². The second-order valence-electron chi connectivity index (χ2n) is 5.28. The van der Waals surface area contributed by atoms with Gasteiger partial charge in [-0.25, -0.2) is 4.98 Å². The molecule has 0 unspecified atom stereocenters. The summed E-state index contributed by atoms with van der Waals surface area (Å²) in [5, 5.41) is 5.11. The number of nitrogens with zero attached hydrogens (tertiary/aromatic N) is 5. The third-order valence-electron chi connectivity index (χ3n) is 3.33. The number of benzene rings is 1. The first-order chi connectivity index (χ1) is 10.5. The Hall–Kier alpha value is -2.41. The predicted octanol–water partition coefficient (Wildman–Crippen LogP) is 1.85. The van der Waals surface area contributed by atoms with Crippen LogP contribution in [0.1, 0.15) is 5.56 Å². The Morgan fingerprint density at radius 1 is 1.23 bits per heavy atom. The smallest absolute Gasteiger partial charge is 0.275 e. The van der Waals surface area contributed by atoms with E-state index in [1.165, 1.54) is 33.7 Å². The topological polar surface area (TPSA) is 53.7 Å². The molecule has 0 atom stereocenters. The average Bonchev–Trinajstić information content (AvgIpc) is 2.93. The van der Waals surface area contributed by atoms with Gasteiger partial charge in [0.15, 0.2) is 0 Å². The second-order valence-corrected chi connectivity index (χ2v) is 6.22. The molecular formula is C15H17N5OS. The molecule has 0 aliphatic heterocycles. The normalized spacial score (nSPS) is 10.9. The highest BCUT2D eigenvalue weighted by Crippen LogP contribution is 2.22. The van der Waals surface area contributed by atoms with Crippen LogP contribution in [0.4, 0.5) is 10.8 Å². The Morgan fingerprint density at radius 3 is 2.77 bits per heavy atom. The van der Waals surface area contributed by atoms with E-state index in [1.54, 1.807) is 0 Å². The third kappa shape index (κ3) is 2.80. The van der Waals surface area contributed by atoms with Gasteiger partial charge in [0, 0.05) is 45.6 Å². The molecule has 0 fully saturated rings. The van der Waals surface area contributed by atoms with Gasteiger partial charge in [-0.2, -0.15) is 4.52 Å². The summed E-state index contributed by atoms with van der Waals surface area (Å²) in [5.41, 5.74) is 2.19. The Morgan fingerprint density at radius 2 is 2.05 bits per heavy atom. The van der Waals surface area contributed by atoms with E-state index in [2.05, 4.69) is 33.2 Å². The lowest BCUT2D eigenvalue weighted by Gasteiger charge is -2.17. The van der Waals surface area contributed by atoms with Gasteiger partial charge in [-0.15, -0.1) is 5.10 Å². The van der Waals surface area contributed by atoms with Crippen molar-refractivity contribution < 1.29 is 0 Å². The fourth-order valence-corrected chi connectivity index (χ4v) is 3.00. The van der Waals surface area contributed by atoms with Crippen molar-refractivity contribution in [2.45, 2.75) is 6.54 Å². The van der Waals surface area contributed by atoms with Crippen LogP contribution < -0.4 is 15.4 Å². The number of hydrogen-bond acceptors (Lipinski definition) is 6. The molecule has 0 aliphatic rings. The fourth-order valence-electron chi connectivity index (χ4n) is 2.16. The van der Waals surface area contributed by atoms with Crippen LogP contribution in [0.5, 0.6) is 0 Å². The maximum Gasteiger partial charge on any atom is 0.275 e. The van der Waals surface area contributed by atoms with E-state index >= 15 is 0 Å². The van der Waals surface area contributed by atoms with E-state index in [9.17, 15) is 4.79 Å². The largest absolute Gasteiger partial charge is 0.378 e. The summed E-state index contributed by atoms with van der Waals surface area (Å²) in [4.78, 5) is 20.6. The quantitative estimate of drug-likeness (QED) is 0.735. The van der Waals surface area contributed by atoms with E-state index in [0.29, 0.717) is 4.96 Å². The van der Waals surface area contributed by atoms with Crippen LogP contribution in [0, 0.1) is 0 Å². The fraction of sp³-hybridized carbons (Fsp3) is 0.267. The summed E-state index contributed by atoms with van der Waals surface area (Å²) in [6, 6.07) is 9.76. The van der Waals surface area contributed by atoms with Crippen LogP contribution in [0.15, 0.2) is 41.3 Å². The lowest BCUT2D eigenvalue weighted by molar-refractivity contribution is 0.844. The van der Waals surface area contributed by atoms with Crippen molar-refractivity contribution in [2.75, 3.05) is 30.9 Å². The average molecular weight is 315 g/mol. The number of aromatic nitrogens is 3. The summed E-state index contributed by atoms with van der Waals surface area (Å²) < 4.78 is 1.34. The van der Waals surface area contributed by atoms with E-state index in [-0.39, 0.29) is 5.56 Å². The maximum absolute atomic E-state index is 11.7. The molecule has 2 heterocycles. The molecular weight excluding hydrogens is 298 g/mol. The van der Waals surface area contributed by atoms with Gasteiger partial charge in [0.25, 0.3) is 5.56 Å². The first-order valence-corrected chi connectivity index (χ1v) is 7.68. The summed E-state index contributed by atoms with van der Waals surface area (Å²) in [6.45, 7) is 0.719. The molecule has 7 heteroatoms. The molecule has 0 spiro atoms. The zero-order valence-corrected chi connectivity index (χ0v) is 13.5. The van der Waals surface area contributed by atoms with Crippen LogP contribution in [-0.2, 0) is 6.54 Å². The molecule has 0 saturated carbocycles. The highest BCUT2D eigenvalue weighted by molar-refractivity contribution is 7.20. The van der Waals surface area contributed by atoms with Crippen LogP contribution in [-0.4, -0.2) is 35.7 Å². The van der Waals surface area contributed by atoms with E-state index < -0.39 is 0 Å². The lowest BCUT2D eigenvalue weighted by Crippen LogP contribution is -2.18. The molecule has 0 amide bonds. The van der Waals surface area contributed by atoms with Gasteiger partial charge >= 0.3 is 0 Å². The maximum atomic E-state index is 11.7. The van der Waals surface area contributed by atoms with Gasteiger partial charge in [0.1, 0.15) is 0 Å². The van der Waals surface area contributed by atoms with Crippen molar-refractivity contribution in [3.8, 4) is 0 Å². The second kappa shape index (κ2) is 5.76. The Balaban J connectivity index is 1.87. The van der Waals surface area contributed by atoms with Gasteiger partial charge in [0.2, 0.25) is 10.1 Å². The zero-order valence-electron chi connectivity index (χ0n) is 12.7. The Labute approximate surface area is 132 Å². The van der Waals surface area contributed by atoms with Crippen molar-refractivity contribution in [1.29, 1.82) is 0 Å². The van der Waals surface area contributed by atoms with Gasteiger partial charge in [0.05, 0.1) is 0 Å². The third-order valence-corrected chi connectivity index (χ3v) is 4.37. The van der Waals surface area contributed by atoms with Crippen molar-refractivity contribution in [1.82, 2.24) is 14.6 Å². The van der Waals surface area contributed by atoms with Crippen LogP contribution in [0.2, 0.25) is 0 Å². The zero-order chi connectivity index (χ0) is 15.7. The Kier molecular flexibility index (Phi) is 3.81. The first-order valence-electron chi connectivity index (χ1n) is 6.87. The highest BCUT2D eigenvalue weighted by Gasteiger charge is 2.11. The van der Waals surface area contributed by atoms with E-state index in [0.717, 1.165) is 17.4 Å². The molecule has 0 radical (unpaired) electrons. The Bertz CT molecular complexity index is 854. The van der Waals surface area contributed by atoms with Gasteiger partial charge in [-0.3, -0.25) is 4.79 Å². The molecule has 22 heavy (non-hydrogen) atoms. The minimum Gasteiger partial charge on any atom is -0.378 e. The standard InChI is InChI=1S/C15H17N5OS/c1-18(2)12-6-4-5-11(9-12)10-19(3)15-17-20-13(21)7-8-16-14(20)22-15/h4-9H,10H2,1-3H3. The van der Waals surface area contributed by atoms with E-state index in [4.69, 9.17) is 0 Å². The SMILES string of the molecule is CN(C)c1cccc(CN(C)c2nn3c(=O)ccnc3s2)c1. The van der Waals surface area contributed by atoms with Gasteiger partial charge < -0.3 is 9.80 Å². The van der Waals surface area contributed by atoms with Crippen LogP contribution >= 0.6 is 11.3 Å². The minimum atomic E-state index is -0.157. The molecule has 3 rings (SSSR count). The minimum absolute atomic E-state index is 0.157. The summed E-state index contributed by atoms with van der Waals surface area (Å²) in [7, 11) is 6.01.